The molecular formula is C11H11N. The van der Waals surface area contributed by atoms with Gasteiger partial charge in [0.1, 0.15) is 0 Å². The summed E-state index contributed by atoms with van der Waals surface area (Å²) in [7, 11) is 0. The molecule has 1 aromatic rings. The molecule has 1 rings (SSSR count). The van der Waals surface area contributed by atoms with Crippen molar-refractivity contribution in [3.63, 3.8) is 0 Å². The van der Waals surface area contributed by atoms with E-state index in [0.29, 0.717) is 6.42 Å². The van der Waals surface area contributed by atoms with Crippen LogP contribution >= 0.6 is 0 Å². The second-order valence-corrected chi connectivity index (χ2v) is 2.53. The molecule has 12 heavy (non-hydrogen) atoms. The zero-order valence-electron chi connectivity index (χ0n) is 7.12. The first-order chi connectivity index (χ1) is 5.88. The zero-order chi connectivity index (χ0) is 8.81. The van der Waals surface area contributed by atoms with Crippen molar-refractivity contribution >= 4 is 6.08 Å². The standard InChI is InChI=1S/C11H11N/c1-2-5-10-6-3-4-7-11(10)8-9-12/h2-7H,8H2,1H3. The molecule has 0 fully saturated rings. The summed E-state index contributed by atoms with van der Waals surface area (Å²) in [5.41, 5.74) is 2.24. The average Bonchev–Trinajstić information content (AvgIpc) is 2.09. The summed E-state index contributed by atoms with van der Waals surface area (Å²) in [6.45, 7) is 1.98. The molecule has 0 aliphatic rings. The van der Waals surface area contributed by atoms with Crippen LogP contribution < -0.4 is 0 Å². The van der Waals surface area contributed by atoms with Gasteiger partial charge in [-0.15, -0.1) is 0 Å². The van der Waals surface area contributed by atoms with E-state index in [2.05, 4.69) is 6.07 Å². The summed E-state index contributed by atoms with van der Waals surface area (Å²) in [5, 5.41) is 8.54. The predicted octanol–water partition coefficient (Wildman–Crippen LogP) is 2.79. The van der Waals surface area contributed by atoms with Gasteiger partial charge in [0.05, 0.1) is 12.5 Å². The van der Waals surface area contributed by atoms with Gasteiger partial charge in [-0.25, -0.2) is 0 Å². The van der Waals surface area contributed by atoms with Crippen LogP contribution in [-0.2, 0) is 6.42 Å². The van der Waals surface area contributed by atoms with E-state index < -0.39 is 0 Å². The molecule has 0 aromatic heterocycles. The maximum Gasteiger partial charge on any atom is 0.0669 e. The molecule has 0 unspecified atom stereocenters. The third-order valence-corrected chi connectivity index (χ3v) is 1.67. The largest absolute Gasteiger partial charge is 0.198 e. The van der Waals surface area contributed by atoms with Crippen molar-refractivity contribution in [2.24, 2.45) is 0 Å². The van der Waals surface area contributed by atoms with Gasteiger partial charge in [0.25, 0.3) is 0 Å². The lowest BCUT2D eigenvalue weighted by Crippen LogP contribution is -1.85. The Bertz CT molecular complexity index is 318. The molecule has 1 nitrogen and oxygen atoms in total. The van der Waals surface area contributed by atoms with Crippen LogP contribution in [-0.4, -0.2) is 0 Å². The molecule has 0 aliphatic carbocycles. The number of nitrogens with zero attached hydrogens (tertiary/aromatic N) is 1. The topological polar surface area (TPSA) is 23.8 Å². The first-order valence-corrected chi connectivity index (χ1v) is 3.96. The highest BCUT2D eigenvalue weighted by molar-refractivity contribution is 5.53. The third-order valence-electron chi connectivity index (χ3n) is 1.67. The summed E-state index contributed by atoms with van der Waals surface area (Å²) < 4.78 is 0. The Morgan fingerprint density at radius 2 is 2.17 bits per heavy atom. The minimum absolute atomic E-state index is 0.487. The van der Waals surface area contributed by atoms with E-state index in [-0.39, 0.29) is 0 Å². The molecule has 1 aromatic carbocycles. The smallest absolute Gasteiger partial charge is 0.0669 e. The molecule has 0 spiro atoms. The van der Waals surface area contributed by atoms with E-state index in [4.69, 9.17) is 5.26 Å². The van der Waals surface area contributed by atoms with Crippen molar-refractivity contribution in [3.8, 4) is 6.07 Å². The summed E-state index contributed by atoms with van der Waals surface area (Å²) in [4.78, 5) is 0. The van der Waals surface area contributed by atoms with E-state index in [0.717, 1.165) is 11.1 Å². The van der Waals surface area contributed by atoms with Gasteiger partial charge in [0, 0.05) is 0 Å². The third kappa shape index (κ3) is 1.96. The van der Waals surface area contributed by atoms with Crippen molar-refractivity contribution in [2.45, 2.75) is 13.3 Å². The van der Waals surface area contributed by atoms with E-state index >= 15 is 0 Å². The highest BCUT2D eigenvalue weighted by Crippen LogP contribution is 2.10. The van der Waals surface area contributed by atoms with Crippen LogP contribution in [0.1, 0.15) is 18.1 Å². The van der Waals surface area contributed by atoms with Crippen LogP contribution in [0.3, 0.4) is 0 Å². The normalized spacial score (nSPS) is 10.0. The van der Waals surface area contributed by atoms with Crippen molar-refractivity contribution in [2.75, 3.05) is 0 Å². The molecule has 60 valence electrons. The van der Waals surface area contributed by atoms with Crippen molar-refractivity contribution in [1.82, 2.24) is 0 Å². The summed E-state index contributed by atoms with van der Waals surface area (Å²) in [6.07, 6.45) is 4.49. The molecule has 0 N–H and O–H groups in total. The Hall–Kier alpha value is -1.55. The van der Waals surface area contributed by atoms with Gasteiger partial charge in [-0.2, -0.15) is 5.26 Å². The van der Waals surface area contributed by atoms with Gasteiger partial charge in [-0.1, -0.05) is 36.4 Å². The number of allylic oxidation sites excluding steroid dienone is 1. The maximum absolute atomic E-state index is 8.54. The number of benzene rings is 1. The van der Waals surface area contributed by atoms with E-state index in [1.54, 1.807) is 0 Å². The summed E-state index contributed by atoms with van der Waals surface area (Å²) >= 11 is 0. The first kappa shape index (κ1) is 8.55. The molecule has 0 heterocycles. The fourth-order valence-corrected chi connectivity index (χ4v) is 1.12. The highest BCUT2D eigenvalue weighted by atomic mass is 14.2. The molecular weight excluding hydrogens is 146 g/mol. The molecule has 0 amide bonds. The number of hydrogen-bond acceptors (Lipinski definition) is 1. The van der Waals surface area contributed by atoms with E-state index in [1.165, 1.54) is 0 Å². The Labute approximate surface area is 73.0 Å². The SMILES string of the molecule is CC=Cc1ccccc1CC#N. The number of nitriles is 1. The molecule has 0 atom stereocenters. The fourth-order valence-electron chi connectivity index (χ4n) is 1.12. The molecule has 0 radical (unpaired) electrons. The van der Waals surface area contributed by atoms with Crippen LogP contribution in [0.15, 0.2) is 30.3 Å². The second-order valence-electron chi connectivity index (χ2n) is 2.53. The highest BCUT2D eigenvalue weighted by Gasteiger charge is 1.95. The summed E-state index contributed by atoms with van der Waals surface area (Å²) in [6, 6.07) is 10.1. The van der Waals surface area contributed by atoms with Crippen LogP contribution in [0, 0.1) is 11.3 Å². The zero-order valence-corrected chi connectivity index (χ0v) is 7.12. The molecule has 0 bridgehead atoms. The maximum atomic E-state index is 8.54. The average molecular weight is 157 g/mol. The van der Waals surface area contributed by atoms with Crippen molar-refractivity contribution < 1.29 is 0 Å². The Morgan fingerprint density at radius 3 is 2.83 bits per heavy atom. The Kier molecular flexibility index (Phi) is 3.10. The van der Waals surface area contributed by atoms with Gasteiger partial charge in [-0.05, 0) is 18.1 Å². The van der Waals surface area contributed by atoms with Gasteiger partial charge >= 0.3 is 0 Å². The second kappa shape index (κ2) is 4.35. The first-order valence-electron chi connectivity index (χ1n) is 3.96. The van der Waals surface area contributed by atoms with Crippen LogP contribution in [0.5, 0.6) is 0 Å². The van der Waals surface area contributed by atoms with Crippen LogP contribution in [0.2, 0.25) is 0 Å². The van der Waals surface area contributed by atoms with Gasteiger partial charge in [0.2, 0.25) is 0 Å². The Balaban J connectivity index is 3.01. The minimum atomic E-state index is 0.487. The van der Waals surface area contributed by atoms with Gasteiger partial charge < -0.3 is 0 Å². The molecule has 0 saturated heterocycles. The quantitative estimate of drug-likeness (QED) is 0.647. The molecule has 0 saturated carbocycles. The van der Waals surface area contributed by atoms with Crippen molar-refractivity contribution in [3.05, 3.63) is 41.5 Å². The van der Waals surface area contributed by atoms with Crippen molar-refractivity contribution in [1.29, 1.82) is 5.26 Å². The van der Waals surface area contributed by atoms with E-state index in [1.807, 2.05) is 43.3 Å². The molecule has 0 aliphatic heterocycles. The lowest BCUT2D eigenvalue weighted by atomic mass is 10.1. The lowest BCUT2D eigenvalue weighted by Gasteiger charge is -1.99. The predicted molar refractivity (Wildman–Crippen MR) is 50.5 cm³/mol. The lowest BCUT2D eigenvalue weighted by molar-refractivity contribution is 1.25. The number of hydrogen-bond donors (Lipinski definition) is 0. The van der Waals surface area contributed by atoms with Crippen LogP contribution in [0.25, 0.3) is 6.08 Å². The van der Waals surface area contributed by atoms with E-state index in [9.17, 15) is 0 Å². The Morgan fingerprint density at radius 1 is 1.42 bits per heavy atom. The number of rotatable bonds is 2. The molecule has 1 heteroatoms. The minimum Gasteiger partial charge on any atom is -0.198 e. The van der Waals surface area contributed by atoms with Gasteiger partial charge in [0.15, 0.2) is 0 Å². The van der Waals surface area contributed by atoms with Gasteiger partial charge in [-0.3, -0.25) is 0 Å². The summed E-state index contributed by atoms with van der Waals surface area (Å²) in [5.74, 6) is 0. The van der Waals surface area contributed by atoms with Crippen LogP contribution in [0.4, 0.5) is 0 Å². The monoisotopic (exact) mass is 157 g/mol. The fraction of sp³-hybridized carbons (Fsp3) is 0.182.